The van der Waals surface area contributed by atoms with Crippen LogP contribution in [0, 0.1) is 0 Å². The molecule has 0 unspecified atom stereocenters. The number of hydrogen-bond donors (Lipinski definition) is 1. The van der Waals surface area contributed by atoms with Crippen LogP contribution < -0.4 is 0 Å². The van der Waals surface area contributed by atoms with Crippen LogP contribution in [0.1, 0.15) is 5.56 Å². The molecule has 0 aliphatic heterocycles. The number of rotatable bonds is 1. The van der Waals surface area contributed by atoms with Crippen molar-refractivity contribution < 1.29 is 26.1 Å². The van der Waals surface area contributed by atoms with Gasteiger partial charge in [0.05, 0.1) is 10.5 Å². The summed E-state index contributed by atoms with van der Waals surface area (Å²) in [6.07, 6.45) is -4.62. The molecule has 0 amide bonds. The molecule has 0 spiro atoms. The summed E-state index contributed by atoms with van der Waals surface area (Å²) in [4.78, 5) is -0.771. The van der Waals surface area contributed by atoms with Crippen molar-refractivity contribution in [2.45, 2.75) is 11.1 Å². The van der Waals surface area contributed by atoms with E-state index in [0.717, 1.165) is 12.1 Å². The zero-order valence-electron chi connectivity index (χ0n) is 6.62. The number of hydrogen-bond acceptors (Lipinski definition) is 2. The van der Waals surface area contributed by atoms with E-state index in [1.807, 2.05) is 0 Å². The van der Waals surface area contributed by atoms with E-state index < -0.39 is 26.8 Å². The van der Waals surface area contributed by atoms with E-state index in [4.69, 9.17) is 4.55 Å². The summed E-state index contributed by atoms with van der Waals surface area (Å²) in [5.74, 6) is 0. The molecule has 0 aliphatic rings. The van der Waals surface area contributed by atoms with Crippen molar-refractivity contribution >= 4 is 47.9 Å². The van der Waals surface area contributed by atoms with Gasteiger partial charge >= 0.3 is 43.9 Å². The summed E-state index contributed by atoms with van der Waals surface area (Å²) < 4.78 is 65.7. The van der Waals surface area contributed by atoms with E-state index in [1.54, 1.807) is 0 Å². The van der Waals surface area contributed by atoms with Crippen LogP contribution in [-0.2, 0) is 16.3 Å². The number of benzene rings is 1. The van der Waals surface area contributed by atoms with Crippen molar-refractivity contribution in [2.75, 3.05) is 0 Å². The molecule has 15 heavy (non-hydrogen) atoms. The molecule has 1 aromatic carbocycles. The van der Waals surface area contributed by atoms with Gasteiger partial charge < -0.3 is 0 Å². The van der Waals surface area contributed by atoms with Gasteiger partial charge in [-0.25, -0.2) is 0 Å². The van der Waals surface area contributed by atoms with Gasteiger partial charge in [-0.1, -0.05) is 6.07 Å². The molecular formula is C7H7CaF3O3S. The Labute approximate surface area is 114 Å². The van der Waals surface area contributed by atoms with E-state index >= 15 is 0 Å². The van der Waals surface area contributed by atoms with Crippen molar-refractivity contribution in [1.82, 2.24) is 0 Å². The molecule has 1 N–H and O–H groups in total. The third-order valence-corrected chi connectivity index (χ3v) is 2.31. The topological polar surface area (TPSA) is 54.4 Å². The summed E-state index contributed by atoms with van der Waals surface area (Å²) in [7, 11) is -4.59. The first-order valence-corrected chi connectivity index (χ1v) is 4.80. The van der Waals surface area contributed by atoms with E-state index in [1.165, 1.54) is 0 Å². The molecule has 82 valence electrons. The quantitative estimate of drug-likeness (QED) is 0.611. The fraction of sp³-hybridized carbons (Fsp3) is 0.143. The normalized spacial score (nSPS) is 12.0. The second-order valence-electron chi connectivity index (χ2n) is 2.50. The van der Waals surface area contributed by atoms with Gasteiger partial charge in [0.15, 0.2) is 0 Å². The molecule has 0 saturated heterocycles. The monoisotopic (exact) mass is 268 g/mol. The van der Waals surface area contributed by atoms with Gasteiger partial charge in [-0.2, -0.15) is 21.6 Å². The fourth-order valence-electron chi connectivity index (χ4n) is 0.833. The molecule has 0 atom stereocenters. The first-order chi connectivity index (χ1) is 6.21. The zero-order chi connectivity index (χ0) is 11.0. The first-order valence-electron chi connectivity index (χ1n) is 3.36. The van der Waals surface area contributed by atoms with Gasteiger partial charge in [-0.05, 0) is 18.2 Å². The van der Waals surface area contributed by atoms with Gasteiger partial charge in [0.2, 0.25) is 0 Å². The molecule has 0 aromatic heterocycles. The van der Waals surface area contributed by atoms with Crippen LogP contribution in [0.25, 0.3) is 0 Å². The number of halogens is 3. The van der Waals surface area contributed by atoms with Gasteiger partial charge in [0.25, 0.3) is 10.1 Å². The van der Waals surface area contributed by atoms with Crippen LogP contribution in [0.2, 0.25) is 0 Å². The summed E-state index contributed by atoms with van der Waals surface area (Å²) in [5, 5.41) is 0. The minimum atomic E-state index is -4.62. The molecule has 0 fully saturated rings. The molecular weight excluding hydrogens is 261 g/mol. The Morgan fingerprint density at radius 2 is 1.73 bits per heavy atom. The Bertz CT molecular complexity index is 441. The zero-order valence-corrected chi connectivity index (χ0v) is 7.43. The Kier molecular flexibility index (Phi) is 5.07. The van der Waals surface area contributed by atoms with Crippen LogP contribution in [0.3, 0.4) is 0 Å². The average Bonchev–Trinajstić information content (AvgIpc) is 2.01. The molecule has 0 aliphatic carbocycles. The Hall–Kier alpha value is 0.180. The molecule has 0 saturated carbocycles. The van der Waals surface area contributed by atoms with Gasteiger partial charge in [-0.3, -0.25) is 4.55 Å². The summed E-state index contributed by atoms with van der Waals surface area (Å²) >= 11 is 0. The Morgan fingerprint density at radius 3 is 2.13 bits per heavy atom. The fourth-order valence-corrected chi connectivity index (χ4v) is 1.36. The van der Waals surface area contributed by atoms with Crippen LogP contribution >= 0.6 is 0 Å². The molecule has 0 radical (unpaired) electrons. The third-order valence-electron chi connectivity index (χ3n) is 1.46. The Morgan fingerprint density at radius 1 is 1.20 bits per heavy atom. The molecule has 1 rings (SSSR count). The van der Waals surface area contributed by atoms with Crippen LogP contribution in [0.4, 0.5) is 13.2 Å². The molecule has 3 nitrogen and oxygen atoms in total. The molecule has 8 heteroatoms. The van der Waals surface area contributed by atoms with Gasteiger partial charge in [0, 0.05) is 0 Å². The summed E-state index contributed by atoms with van der Waals surface area (Å²) in [6, 6.07) is 2.88. The number of alkyl halides is 3. The minimum absolute atomic E-state index is 0. The molecule has 1 aromatic rings. The van der Waals surface area contributed by atoms with E-state index in [9.17, 15) is 21.6 Å². The van der Waals surface area contributed by atoms with Crippen LogP contribution in [-0.4, -0.2) is 50.7 Å². The van der Waals surface area contributed by atoms with Crippen LogP contribution in [0.5, 0.6) is 0 Å². The summed E-state index contributed by atoms with van der Waals surface area (Å²) in [5.41, 5.74) is -1.12. The predicted octanol–water partition coefficient (Wildman–Crippen LogP) is 1.04. The van der Waals surface area contributed by atoms with Crippen LogP contribution in [0.15, 0.2) is 29.2 Å². The van der Waals surface area contributed by atoms with Gasteiger partial charge in [-0.15, -0.1) is 0 Å². The second kappa shape index (κ2) is 5.01. The van der Waals surface area contributed by atoms with Crippen molar-refractivity contribution in [3.63, 3.8) is 0 Å². The Balaban J connectivity index is 0.00000196. The van der Waals surface area contributed by atoms with Crippen molar-refractivity contribution in [2.24, 2.45) is 0 Å². The average molecular weight is 268 g/mol. The van der Waals surface area contributed by atoms with Crippen molar-refractivity contribution in [1.29, 1.82) is 0 Å². The van der Waals surface area contributed by atoms with Gasteiger partial charge in [0.1, 0.15) is 0 Å². The molecule has 0 bridgehead atoms. The molecule has 0 heterocycles. The second-order valence-corrected chi connectivity index (χ2v) is 3.92. The van der Waals surface area contributed by atoms with E-state index in [0.29, 0.717) is 12.1 Å². The van der Waals surface area contributed by atoms with E-state index in [-0.39, 0.29) is 37.7 Å². The standard InChI is InChI=1S/C7H5F3O3S.Ca.2H/c8-7(9,10)5-2-1-3-6(4-5)14(11,12)13;;;/h1-4H,(H,11,12,13);;;. The van der Waals surface area contributed by atoms with Crippen molar-refractivity contribution in [3.05, 3.63) is 29.8 Å². The van der Waals surface area contributed by atoms with E-state index in [2.05, 4.69) is 0 Å². The maximum atomic E-state index is 12.1. The summed E-state index contributed by atoms with van der Waals surface area (Å²) in [6.45, 7) is 0. The predicted molar refractivity (Wildman–Crippen MR) is 49.8 cm³/mol. The first kappa shape index (κ1) is 15.2. The maximum absolute atomic E-state index is 12.1. The van der Waals surface area contributed by atoms with Crippen molar-refractivity contribution in [3.8, 4) is 0 Å². The SMILES string of the molecule is O=S(=O)(O)c1cccc(C(F)(F)F)c1.[CaH2]. The third kappa shape index (κ3) is 4.28.